The van der Waals surface area contributed by atoms with E-state index in [1.54, 1.807) is 12.1 Å². The van der Waals surface area contributed by atoms with Gasteiger partial charge in [0, 0.05) is 15.0 Å². The molecule has 0 unspecified atom stereocenters. The average molecular weight is 249 g/mol. The van der Waals surface area contributed by atoms with Crippen LogP contribution in [0.4, 0.5) is 0 Å². The maximum atomic E-state index is 8.88. The Morgan fingerprint density at radius 2 is 2.00 bits per heavy atom. The first-order valence-corrected chi connectivity index (χ1v) is 4.51. The van der Waals surface area contributed by atoms with Crippen LogP contribution < -0.4 is 5.46 Å². The predicted octanol–water partition coefficient (Wildman–Crippen LogP) is 1.09. The number of benzene rings is 1. The van der Waals surface area contributed by atoms with Gasteiger partial charge in [0.1, 0.15) is 0 Å². The Kier molecular flexibility index (Phi) is 3.18. The van der Waals surface area contributed by atoms with E-state index in [1.165, 1.54) is 0 Å². The van der Waals surface area contributed by atoms with Gasteiger partial charge in [0.15, 0.2) is 0 Å². The molecule has 1 aromatic rings. The molecular weight excluding hydrogens is 242 g/mol. The van der Waals surface area contributed by atoms with Gasteiger partial charge in [-0.25, -0.2) is 0 Å². The lowest BCUT2D eigenvalue weighted by Crippen LogP contribution is -2.31. The molecule has 0 heterocycles. The summed E-state index contributed by atoms with van der Waals surface area (Å²) in [5.74, 6) is 0. The molecule has 2 N–H and O–H groups in total. The number of rotatable bonds is 1. The van der Waals surface area contributed by atoms with Crippen LogP contribution in [0.15, 0.2) is 16.6 Å². The second-order valence-corrected chi connectivity index (χ2v) is 3.76. The van der Waals surface area contributed by atoms with Crippen molar-refractivity contribution in [1.82, 2.24) is 0 Å². The SMILES string of the molecule is Cc1cc(B(O)O)c(Cl)cc1Br. The van der Waals surface area contributed by atoms with Crippen molar-refractivity contribution < 1.29 is 10.0 Å². The lowest BCUT2D eigenvalue weighted by molar-refractivity contribution is 0.426. The van der Waals surface area contributed by atoms with E-state index < -0.39 is 7.12 Å². The highest BCUT2D eigenvalue weighted by molar-refractivity contribution is 9.10. The number of hydrogen-bond acceptors (Lipinski definition) is 2. The van der Waals surface area contributed by atoms with Crippen molar-refractivity contribution in [3.05, 3.63) is 27.2 Å². The standard InChI is InChI=1S/C7H7BBrClO2/c1-4-2-5(8(11)12)7(10)3-6(4)9/h2-3,11-12H,1H3. The molecule has 0 fully saturated rings. The Labute approximate surface area is 84.4 Å². The molecule has 0 amide bonds. The fourth-order valence-corrected chi connectivity index (χ4v) is 1.61. The molecule has 0 spiro atoms. The van der Waals surface area contributed by atoms with Gasteiger partial charge in [0.2, 0.25) is 0 Å². The molecule has 0 radical (unpaired) electrons. The molecule has 12 heavy (non-hydrogen) atoms. The highest BCUT2D eigenvalue weighted by Gasteiger charge is 2.15. The third-order valence-corrected chi connectivity index (χ3v) is 2.74. The molecule has 0 aliphatic carbocycles. The first kappa shape index (κ1) is 10.1. The second kappa shape index (κ2) is 3.79. The molecule has 5 heteroatoms. The van der Waals surface area contributed by atoms with Crippen molar-refractivity contribution in [2.45, 2.75) is 6.92 Å². The summed E-state index contributed by atoms with van der Waals surface area (Å²) in [6.45, 7) is 1.85. The monoisotopic (exact) mass is 248 g/mol. The van der Waals surface area contributed by atoms with Gasteiger partial charge in [0.05, 0.1) is 0 Å². The number of hydrogen-bond donors (Lipinski definition) is 2. The van der Waals surface area contributed by atoms with E-state index in [1.807, 2.05) is 6.92 Å². The third kappa shape index (κ3) is 2.01. The van der Waals surface area contributed by atoms with Crippen molar-refractivity contribution in [1.29, 1.82) is 0 Å². The molecule has 0 aliphatic rings. The lowest BCUT2D eigenvalue weighted by atomic mass is 9.79. The largest absolute Gasteiger partial charge is 0.489 e. The molecule has 0 saturated heterocycles. The molecule has 0 aliphatic heterocycles. The zero-order valence-electron chi connectivity index (χ0n) is 6.38. The normalized spacial score (nSPS) is 10.1. The van der Waals surface area contributed by atoms with Crippen molar-refractivity contribution >= 4 is 40.1 Å². The van der Waals surface area contributed by atoms with Gasteiger partial charge in [-0.05, 0) is 18.6 Å². The Morgan fingerprint density at radius 3 is 2.50 bits per heavy atom. The maximum absolute atomic E-state index is 8.88. The van der Waals surface area contributed by atoms with Crippen LogP contribution in [0.3, 0.4) is 0 Å². The molecule has 0 atom stereocenters. The Morgan fingerprint density at radius 1 is 1.42 bits per heavy atom. The summed E-state index contributed by atoms with van der Waals surface area (Å²) in [5, 5.41) is 18.1. The fraction of sp³-hybridized carbons (Fsp3) is 0.143. The first-order valence-electron chi connectivity index (χ1n) is 3.34. The van der Waals surface area contributed by atoms with Gasteiger partial charge in [-0.1, -0.05) is 33.6 Å². The molecule has 2 nitrogen and oxygen atoms in total. The van der Waals surface area contributed by atoms with Crippen molar-refractivity contribution in [2.24, 2.45) is 0 Å². The topological polar surface area (TPSA) is 40.5 Å². The summed E-state index contributed by atoms with van der Waals surface area (Å²) in [7, 11) is -1.51. The minimum absolute atomic E-state index is 0.331. The summed E-state index contributed by atoms with van der Waals surface area (Å²) < 4.78 is 0.858. The molecule has 64 valence electrons. The number of aryl methyl sites for hydroxylation is 1. The molecule has 0 saturated carbocycles. The first-order chi connectivity index (χ1) is 5.52. The van der Waals surface area contributed by atoms with Crippen LogP contribution in [0.1, 0.15) is 5.56 Å². The molecule has 0 aromatic heterocycles. The van der Waals surface area contributed by atoms with Gasteiger partial charge >= 0.3 is 7.12 Å². The zero-order valence-corrected chi connectivity index (χ0v) is 8.72. The third-order valence-electron chi connectivity index (χ3n) is 1.56. The van der Waals surface area contributed by atoms with Gasteiger partial charge in [-0.15, -0.1) is 0 Å². The summed E-state index contributed by atoms with van der Waals surface area (Å²) in [4.78, 5) is 0. The maximum Gasteiger partial charge on any atom is 0.489 e. The van der Waals surface area contributed by atoms with Crippen LogP contribution >= 0.6 is 27.5 Å². The van der Waals surface area contributed by atoms with Crippen LogP contribution in [-0.4, -0.2) is 17.2 Å². The van der Waals surface area contributed by atoms with Crippen LogP contribution in [0.25, 0.3) is 0 Å². The van der Waals surface area contributed by atoms with Gasteiger partial charge in [-0.3, -0.25) is 0 Å². The highest BCUT2D eigenvalue weighted by atomic mass is 79.9. The fourth-order valence-electron chi connectivity index (χ4n) is 0.877. The van der Waals surface area contributed by atoms with Crippen LogP contribution in [0.2, 0.25) is 5.02 Å². The van der Waals surface area contributed by atoms with Gasteiger partial charge < -0.3 is 10.0 Å². The Bertz CT molecular complexity index is 304. The van der Waals surface area contributed by atoms with Crippen molar-refractivity contribution in [2.75, 3.05) is 0 Å². The summed E-state index contributed by atoms with van der Waals surface area (Å²) in [5.41, 5.74) is 1.25. The minimum Gasteiger partial charge on any atom is -0.423 e. The van der Waals surface area contributed by atoms with Crippen LogP contribution in [0.5, 0.6) is 0 Å². The molecule has 0 bridgehead atoms. The predicted molar refractivity (Wildman–Crippen MR) is 53.7 cm³/mol. The zero-order chi connectivity index (χ0) is 9.30. The van der Waals surface area contributed by atoms with Gasteiger partial charge in [0.25, 0.3) is 0 Å². The van der Waals surface area contributed by atoms with Crippen LogP contribution in [0, 0.1) is 6.92 Å². The van der Waals surface area contributed by atoms with E-state index in [4.69, 9.17) is 21.6 Å². The quantitative estimate of drug-likeness (QED) is 0.731. The Balaban J connectivity index is 3.23. The molecular formula is C7H7BBrClO2. The minimum atomic E-state index is -1.51. The highest BCUT2D eigenvalue weighted by Crippen LogP contribution is 2.19. The molecule has 1 aromatic carbocycles. The lowest BCUT2D eigenvalue weighted by Gasteiger charge is -2.05. The molecule has 1 rings (SSSR count). The van der Waals surface area contributed by atoms with E-state index in [0.29, 0.717) is 10.5 Å². The smallest absolute Gasteiger partial charge is 0.423 e. The van der Waals surface area contributed by atoms with E-state index in [-0.39, 0.29) is 0 Å². The summed E-state index contributed by atoms with van der Waals surface area (Å²) in [6, 6.07) is 3.28. The van der Waals surface area contributed by atoms with Crippen LogP contribution in [-0.2, 0) is 0 Å². The van der Waals surface area contributed by atoms with E-state index in [0.717, 1.165) is 10.0 Å². The average Bonchev–Trinajstić information content (AvgIpc) is 1.96. The Hall–Kier alpha value is -0.0251. The van der Waals surface area contributed by atoms with Gasteiger partial charge in [-0.2, -0.15) is 0 Å². The van der Waals surface area contributed by atoms with E-state index in [2.05, 4.69) is 15.9 Å². The van der Waals surface area contributed by atoms with Crippen molar-refractivity contribution in [3.63, 3.8) is 0 Å². The van der Waals surface area contributed by atoms with Crippen molar-refractivity contribution in [3.8, 4) is 0 Å². The number of halogens is 2. The summed E-state index contributed by atoms with van der Waals surface area (Å²) in [6.07, 6.45) is 0. The second-order valence-electron chi connectivity index (χ2n) is 2.50. The van der Waals surface area contributed by atoms with E-state index in [9.17, 15) is 0 Å². The van der Waals surface area contributed by atoms with E-state index >= 15 is 0 Å². The summed E-state index contributed by atoms with van der Waals surface area (Å²) >= 11 is 9.03.